The third kappa shape index (κ3) is 6.51. The largest absolute Gasteiger partial charge is 0.489 e. The lowest BCUT2D eigenvalue weighted by Gasteiger charge is -2.22. The monoisotopic (exact) mass is 361 g/mol. The Hall–Kier alpha value is -2.69. The van der Waals surface area contributed by atoms with E-state index in [9.17, 15) is 0 Å². The van der Waals surface area contributed by atoms with Gasteiger partial charge >= 0.3 is 0 Å². The molecule has 3 aromatic rings. The smallest absolute Gasteiger partial charge is 0.119 e. The van der Waals surface area contributed by atoms with Gasteiger partial charge in [0.2, 0.25) is 0 Å². The lowest BCUT2D eigenvalue weighted by molar-refractivity contribution is 0.276. The highest BCUT2D eigenvalue weighted by Crippen LogP contribution is 2.15. The molecule has 2 N–H and O–H groups in total. The van der Waals surface area contributed by atoms with Crippen molar-refractivity contribution in [2.24, 2.45) is 5.73 Å². The Morgan fingerprint density at radius 3 is 2.22 bits per heavy atom. The first-order valence-corrected chi connectivity index (χ1v) is 9.40. The highest BCUT2D eigenvalue weighted by Gasteiger charge is 2.06. The van der Waals surface area contributed by atoms with E-state index >= 15 is 0 Å². The summed E-state index contributed by atoms with van der Waals surface area (Å²) in [6, 6.07) is 22.9. The second-order valence-corrected chi connectivity index (χ2v) is 6.59. The third-order valence-corrected chi connectivity index (χ3v) is 4.49. The van der Waals surface area contributed by atoms with Crippen LogP contribution >= 0.6 is 0 Å². The Kier molecular flexibility index (Phi) is 7.39. The van der Waals surface area contributed by atoms with E-state index in [1.54, 1.807) is 12.4 Å². The summed E-state index contributed by atoms with van der Waals surface area (Å²) in [6.45, 7) is 4.02. The quantitative estimate of drug-likeness (QED) is 0.599. The SMILES string of the molecule is NCCN(CCc1ccccc1)Cc1ccc(OCc2ccncc2)cc1. The van der Waals surface area contributed by atoms with Gasteiger partial charge in [-0.2, -0.15) is 0 Å². The van der Waals surface area contributed by atoms with Gasteiger partial charge in [0.25, 0.3) is 0 Å². The number of nitrogens with two attached hydrogens (primary N) is 1. The van der Waals surface area contributed by atoms with Gasteiger partial charge in [-0.1, -0.05) is 42.5 Å². The number of benzene rings is 2. The lowest BCUT2D eigenvalue weighted by Crippen LogP contribution is -2.31. The van der Waals surface area contributed by atoms with Crippen LogP contribution < -0.4 is 10.5 Å². The van der Waals surface area contributed by atoms with Crippen LogP contribution in [0.4, 0.5) is 0 Å². The first-order valence-electron chi connectivity index (χ1n) is 9.40. The van der Waals surface area contributed by atoms with Crippen LogP contribution in [0, 0.1) is 0 Å². The van der Waals surface area contributed by atoms with Crippen LogP contribution in [0.5, 0.6) is 5.75 Å². The van der Waals surface area contributed by atoms with Gasteiger partial charge in [-0.15, -0.1) is 0 Å². The fraction of sp³-hybridized carbons (Fsp3) is 0.261. The van der Waals surface area contributed by atoms with Crippen molar-refractivity contribution >= 4 is 0 Å². The van der Waals surface area contributed by atoms with Crippen LogP contribution in [0.2, 0.25) is 0 Å². The zero-order valence-electron chi connectivity index (χ0n) is 15.6. The molecule has 0 atom stereocenters. The Balaban J connectivity index is 1.51. The summed E-state index contributed by atoms with van der Waals surface area (Å²) < 4.78 is 5.84. The molecule has 27 heavy (non-hydrogen) atoms. The Bertz CT molecular complexity index is 776. The third-order valence-electron chi connectivity index (χ3n) is 4.49. The number of hydrogen-bond donors (Lipinski definition) is 1. The summed E-state index contributed by atoms with van der Waals surface area (Å²) in [4.78, 5) is 6.42. The standard InChI is InChI=1S/C23H27N3O/c24-13-17-26(16-12-20-4-2-1-3-5-20)18-21-6-8-23(9-7-21)27-19-22-10-14-25-15-11-22/h1-11,14-15H,12-13,16-19,24H2. The number of rotatable bonds is 10. The number of aromatic nitrogens is 1. The zero-order chi connectivity index (χ0) is 18.7. The number of ether oxygens (including phenoxy) is 1. The molecule has 0 amide bonds. The van der Waals surface area contributed by atoms with Gasteiger partial charge < -0.3 is 10.5 Å². The molecule has 0 spiro atoms. The minimum atomic E-state index is 0.554. The van der Waals surface area contributed by atoms with Gasteiger partial charge in [0, 0.05) is 38.6 Å². The molecule has 0 radical (unpaired) electrons. The molecule has 0 saturated carbocycles. The second-order valence-electron chi connectivity index (χ2n) is 6.59. The molecule has 140 valence electrons. The first kappa shape index (κ1) is 19.1. The summed E-state index contributed by atoms with van der Waals surface area (Å²) in [7, 11) is 0. The van der Waals surface area contributed by atoms with E-state index in [2.05, 4.69) is 52.3 Å². The average molecular weight is 361 g/mol. The molecular weight excluding hydrogens is 334 g/mol. The van der Waals surface area contributed by atoms with Gasteiger partial charge in [0.1, 0.15) is 12.4 Å². The van der Waals surface area contributed by atoms with E-state index in [-0.39, 0.29) is 0 Å². The minimum Gasteiger partial charge on any atom is -0.489 e. The maximum atomic E-state index is 5.84. The van der Waals surface area contributed by atoms with Crippen molar-refractivity contribution in [2.75, 3.05) is 19.6 Å². The van der Waals surface area contributed by atoms with Crippen LogP contribution in [0.1, 0.15) is 16.7 Å². The van der Waals surface area contributed by atoms with E-state index in [1.165, 1.54) is 11.1 Å². The fourth-order valence-corrected chi connectivity index (χ4v) is 2.98. The van der Waals surface area contributed by atoms with Gasteiger partial charge in [0.15, 0.2) is 0 Å². The summed E-state index contributed by atoms with van der Waals surface area (Å²) in [5.74, 6) is 0.880. The van der Waals surface area contributed by atoms with E-state index in [0.29, 0.717) is 13.2 Å². The molecule has 0 aliphatic carbocycles. The highest BCUT2D eigenvalue weighted by atomic mass is 16.5. The molecule has 0 aliphatic rings. The maximum absolute atomic E-state index is 5.84. The molecule has 2 aromatic carbocycles. The summed E-state index contributed by atoms with van der Waals surface area (Å²) >= 11 is 0. The van der Waals surface area contributed by atoms with Crippen LogP contribution in [0.3, 0.4) is 0 Å². The average Bonchev–Trinajstić information content (AvgIpc) is 2.73. The maximum Gasteiger partial charge on any atom is 0.119 e. The molecule has 1 aromatic heterocycles. The predicted molar refractivity (Wildman–Crippen MR) is 109 cm³/mol. The molecule has 0 bridgehead atoms. The number of pyridine rings is 1. The van der Waals surface area contributed by atoms with Crippen molar-refractivity contribution in [1.82, 2.24) is 9.88 Å². The van der Waals surface area contributed by atoms with Crippen LogP contribution in [0.15, 0.2) is 79.1 Å². The van der Waals surface area contributed by atoms with Gasteiger partial charge in [-0.25, -0.2) is 0 Å². The van der Waals surface area contributed by atoms with Crippen molar-refractivity contribution in [3.63, 3.8) is 0 Å². The van der Waals surface area contributed by atoms with Crippen molar-refractivity contribution in [3.8, 4) is 5.75 Å². The molecule has 4 heteroatoms. The summed E-state index contributed by atoms with van der Waals surface area (Å²) in [5.41, 5.74) is 9.55. The molecule has 0 saturated heterocycles. The molecular formula is C23H27N3O. The summed E-state index contributed by atoms with van der Waals surface area (Å²) in [6.07, 6.45) is 4.60. The van der Waals surface area contributed by atoms with E-state index in [1.807, 2.05) is 24.3 Å². The topological polar surface area (TPSA) is 51.4 Å². The predicted octanol–water partition coefficient (Wildman–Crippen LogP) is 3.66. The van der Waals surface area contributed by atoms with Crippen LogP contribution in [-0.4, -0.2) is 29.5 Å². The van der Waals surface area contributed by atoms with Crippen molar-refractivity contribution in [3.05, 3.63) is 95.8 Å². The Morgan fingerprint density at radius 1 is 0.778 bits per heavy atom. The van der Waals surface area contributed by atoms with E-state index < -0.39 is 0 Å². The minimum absolute atomic E-state index is 0.554. The lowest BCUT2D eigenvalue weighted by atomic mass is 10.1. The van der Waals surface area contributed by atoms with Crippen molar-refractivity contribution in [1.29, 1.82) is 0 Å². The van der Waals surface area contributed by atoms with Gasteiger partial charge in [-0.05, 0) is 47.4 Å². The van der Waals surface area contributed by atoms with Crippen LogP contribution in [0.25, 0.3) is 0 Å². The van der Waals surface area contributed by atoms with E-state index in [0.717, 1.165) is 37.4 Å². The second kappa shape index (κ2) is 10.5. The normalized spacial score (nSPS) is 10.9. The molecule has 3 rings (SSSR count). The molecule has 4 nitrogen and oxygen atoms in total. The number of hydrogen-bond acceptors (Lipinski definition) is 4. The van der Waals surface area contributed by atoms with Gasteiger partial charge in [0.05, 0.1) is 0 Å². The molecule has 0 fully saturated rings. The molecule has 0 unspecified atom stereocenters. The van der Waals surface area contributed by atoms with Crippen LogP contribution in [-0.2, 0) is 19.6 Å². The first-order chi connectivity index (χ1) is 13.3. The van der Waals surface area contributed by atoms with Crippen molar-refractivity contribution in [2.45, 2.75) is 19.6 Å². The van der Waals surface area contributed by atoms with Gasteiger partial charge in [-0.3, -0.25) is 9.88 Å². The summed E-state index contributed by atoms with van der Waals surface area (Å²) in [5, 5.41) is 0. The zero-order valence-corrected chi connectivity index (χ0v) is 15.6. The highest BCUT2D eigenvalue weighted by molar-refractivity contribution is 5.27. The Labute approximate surface area is 161 Å². The Morgan fingerprint density at radius 2 is 1.52 bits per heavy atom. The molecule has 1 heterocycles. The molecule has 0 aliphatic heterocycles. The van der Waals surface area contributed by atoms with Crippen molar-refractivity contribution < 1.29 is 4.74 Å². The number of nitrogens with zero attached hydrogens (tertiary/aromatic N) is 2. The fourth-order valence-electron chi connectivity index (χ4n) is 2.98. The van der Waals surface area contributed by atoms with E-state index in [4.69, 9.17) is 10.5 Å².